The van der Waals surface area contributed by atoms with Crippen LogP contribution >= 0.6 is 11.3 Å². The summed E-state index contributed by atoms with van der Waals surface area (Å²) in [6.07, 6.45) is 1.27. The van der Waals surface area contributed by atoms with E-state index in [1.807, 2.05) is 0 Å². The third-order valence-electron chi connectivity index (χ3n) is 2.92. The van der Waals surface area contributed by atoms with Gasteiger partial charge in [0.15, 0.2) is 0 Å². The van der Waals surface area contributed by atoms with Gasteiger partial charge in [-0.2, -0.15) is 0 Å². The summed E-state index contributed by atoms with van der Waals surface area (Å²) in [5.41, 5.74) is -0.00639. The molecule has 0 aliphatic carbocycles. The number of fused-ring (bicyclic) bond motifs is 1. The Hall–Kier alpha value is -2.22. The van der Waals surface area contributed by atoms with Crippen LogP contribution in [0.1, 0.15) is 15.2 Å². The number of likely N-dealkylation sites (N-methyl/N-ethyl adjacent to an activating group) is 1. The summed E-state index contributed by atoms with van der Waals surface area (Å²) in [6, 6.07) is 0. The number of thiophene rings is 1. The number of carboxylic acids is 1. The molecule has 8 heteroatoms. The minimum Gasteiger partial charge on any atom is -0.477 e. The molecule has 7 nitrogen and oxygen atoms in total. The highest BCUT2D eigenvalue weighted by Crippen LogP contribution is 2.26. The third kappa shape index (κ3) is 2.29. The zero-order chi connectivity index (χ0) is 15.0. The molecule has 106 valence electrons. The van der Waals surface area contributed by atoms with Crippen molar-refractivity contribution in [1.29, 1.82) is 0 Å². The fraction of sp³-hybridized carbons (Fsp3) is 0.333. The van der Waals surface area contributed by atoms with Crippen molar-refractivity contribution in [2.24, 2.45) is 0 Å². The number of nitrogens with zero attached hydrogens (tertiary/aromatic N) is 3. The Labute approximate surface area is 118 Å². The van der Waals surface area contributed by atoms with Crippen molar-refractivity contribution in [2.45, 2.75) is 13.5 Å². The summed E-state index contributed by atoms with van der Waals surface area (Å²) in [7, 11) is 3.19. The first-order chi connectivity index (χ1) is 9.32. The number of aromatic nitrogens is 2. The molecule has 0 aliphatic heterocycles. The van der Waals surface area contributed by atoms with Gasteiger partial charge in [-0.15, -0.1) is 11.3 Å². The Morgan fingerprint density at radius 2 is 2.10 bits per heavy atom. The lowest BCUT2D eigenvalue weighted by molar-refractivity contribution is -0.129. The lowest BCUT2D eigenvalue weighted by atomic mass is 10.2. The molecule has 1 N–H and O–H groups in total. The number of hydrogen-bond donors (Lipinski definition) is 1. The normalized spacial score (nSPS) is 10.8. The topological polar surface area (TPSA) is 92.5 Å². The van der Waals surface area contributed by atoms with Gasteiger partial charge in [0, 0.05) is 14.1 Å². The van der Waals surface area contributed by atoms with Gasteiger partial charge in [-0.1, -0.05) is 0 Å². The Kier molecular flexibility index (Phi) is 3.58. The van der Waals surface area contributed by atoms with Crippen molar-refractivity contribution in [3.05, 3.63) is 27.1 Å². The molecule has 2 rings (SSSR count). The molecular formula is C12H13N3O4S. The van der Waals surface area contributed by atoms with Gasteiger partial charge in [0.25, 0.3) is 5.56 Å². The first kappa shape index (κ1) is 14.2. The van der Waals surface area contributed by atoms with Gasteiger partial charge in [-0.05, 0) is 12.5 Å². The predicted molar refractivity (Wildman–Crippen MR) is 74.3 cm³/mol. The first-order valence-corrected chi connectivity index (χ1v) is 6.56. The van der Waals surface area contributed by atoms with Crippen molar-refractivity contribution >= 4 is 33.4 Å². The minimum atomic E-state index is -1.08. The van der Waals surface area contributed by atoms with Gasteiger partial charge < -0.3 is 10.0 Å². The molecule has 2 aromatic heterocycles. The molecule has 0 spiro atoms. The second-order valence-corrected chi connectivity index (χ2v) is 5.51. The molecular weight excluding hydrogens is 282 g/mol. The van der Waals surface area contributed by atoms with E-state index in [0.29, 0.717) is 10.4 Å². The largest absolute Gasteiger partial charge is 0.477 e. The molecule has 0 radical (unpaired) electrons. The minimum absolute atomic E-state index is 0.0984. The van der Waals surface area contributed by atoms with Gasteiger partial charge in [-0.25, -0.2) is 9.78 Å². The van der Waals surface area contributed by atoms with Crippen LogP contribution in [0.15, 0.2) is 11.1 Å². The fourth-order valence-electron chi connectivity index (χ4n) is 1.76. The maximum absolute atomic E-state index is 12.3. The number of hydrogen-bond acceptors (Lipinski definition) is 5. The molecule has 0 aliphatic rings. The molecule has 20 heavy (non-hydrogen) atoms. The molecule has 0 fully saturated rings. The van der Waals surface area contributed by atoms with Gasteiger partial charge in [0.1, 0.15) is 16.3 Å². The SMILES string of the molecule is Cc1c(C(=O)O)sc2ncn(CC(=O)N(C)C)c(=O)c12. The van der Waals surface area contributed by atoms with Crippen LogP contribution in [0.2, 0.25) is 0 Å². The number of carboxylic acid groups (broad SMARTS) is 1. The van der Waals surface area contributed by atoms with Crippen molar-refractivity contribution in [1.82, 2.24) is 14.5 Å². The number of aromatic carboxylic acids is 1. The van der Waals surface area contributed by atoms with Gasteiger partial charge in [-0.3, -0.25) is 14.2 Å². The van der Waals surface area contributed by atoms with Crippen molar-refractivity contribution in [3.63, 3.8) is 0 Å². The summed E-state index contributed by atoms with van der Waals surface area (Å²) in [6.45, 7) is 1.45. The molecule has 0 saturated heterocycles. The van der Waals surface area contributed by atoms with E-state index in [-0.39, 0.29) is 22.7 Å². The summed E-state index contributed by atoms with van der Waals surface area (Å²) in [5, 5.41) is 9.32. The molecule has 2 heterocycles. The maximum atomic E-state index is 12.3. The lowest BCUT2D eigenvalue weighted by Crippen LogP contribution is -2.31. The van der Waals surface area contributed by atoms with E-state index in [4.69, 9.17) is 5.11 Å². The summed E-state index contributed by atoms with van der Waals surface area (Å²) < 4.78 is 1.19. The van der Waals surface area contributed by atoms with E-state index < -0.39 is 11.5 Å². The van der Waals surface area contributed by atoms with Crippen LogP contribution in [0.5, 0.6) is 0 Å². The summed E-state index contributed by atoms with van der Waals surface area (Å²) in [5.74, 6) is -1.32. The monoisotopic (exact) mass is 295 g/mol. The molecule has 0 unspecified atom stereocenters. The van der Waals surface area contributed by atoms with E-state index >= 15 is 0 Å². The van der Waals surface area contributed by atoms with Gasteiger partial charge in [0.05, 0.1) is 11.7 Å². The number of carbonyl (C=O) groups excluding carboxylic acids is 1. The smallest absolute Gasteiger partial charge is 0.346 e. The highest BCUT2D eigenvalue weighted by atomic mass is 32.1. The van der Waals surface area contributed by atoms with Crippen LogP contribution in [0.3, 0.4) is 0 Å². The van der Waals surface area contributed by atoms with E-state index in [1.165, 1.54) is 15.8 Å². The van der Waals surface area contributed by atoms with Crippen LogP contribution in [-0.2, 0) is 11.3 Å². The molecule has 2 aromatic rings. The Bertz CT molecular complexity index is 760. The Morgan fingerprint density at radius 1 is 1.45 bits per heavy atom. The maximum Gasteiger partial charge on any atom is 0.346 e. The molecule has 0 saturated carbocycles. The third-order valence-corrected chi connectivity index (χ3v) is 4.10. The van der Waals surface area contributed by atoms with Crippen LogP contribution < -0.4 is 5.56 Å². The van der Waals surface area contributed by atoms with E-state index in [1.54, 1.807) is 21.0 Å². The van der Waals surface area contributed by atoms with Crippen LogP contribution in [-0.4, -0.2) is 45.5 Å². The number of rotatable bonds is 3. The van der Waals surface area contributed by atoms with Crippen molar-refractivity contribution in [3.8, 4) is 0 Å². The second kappa shape index (κ2) is 5.04. The molecule has 0 atom stereocenters. The van der Waals surface area contributed by atoms with Gasteiger partial charge in [0.2, 0.25) is 5.91 Å². The first-order valence-electron chi connectivity index (χ1n) is 5.75. The highest BCUT2D eigenvalue weighted by Gasteiger charge is 2.19. The Balaban J connectivity index is 2.59. The predicted octanol–water partition coefficient (Wildman–Crippen LogP) is 0.553. The number of carbonyl (C=O) groups is 2. The number of amides is 1. The molecule has 0 bridgehead atoms. The van der Waals surface area contributed by atoms with E-state index in [0.717, 1.165) is 11.3 Å². The molecule has 0 aromatic carbocycles. The van der Waals surface area contributed by atoms with E-state index in [2.05, 4.69) is 4.98 Å². The summed E-state index contributed by atoms with van der Waals surface area (Å²) in [4.78, 5) is 40.9. The second-order valence-electron chi connectivity index (χ2n) is 4.51. The quantitative estimate of drug-likeness (QED) is 0.892. The van der Waals surface area contributed by atoms with Crippen LogP contribution in [0.4, 0.5) is 0 Å². The fourth-order valence-corrected chi connectivity index (χ4v) is 2.74. The Morgan fingerprint density at radius 3 is 2.65 bits per heavy atom. The average molecular weight is 295 g/mol. The van der Waals surface area contributed by atoms with Crippen LogP contribution in [0.25, 0.3) is 10.2 Å². The standard InChI is InChI=1S/C12H13N3O4S/c1-6-8-10(20-9(6)12(18)19)13-5-15(11(8)17)4-7(16)14(2)3/h5H,4H2,1-3H3,(H,18,19). The highest BCUT2D eigenvalue weighted by molar-refractivity contribution is 7.20. The lowest BCUT2D eigenvalue weighted by Gasteiger charge is -2.11. The van der Waals surface area contributed by atoms with Crippen molar-refractivity contribution < 1.29 is 14.7 Å². The average Bonchev–Trinajstić information content (AvgIpc) is 2.70. The van der Waals surface area contributed by atoms with Crippen LogP contribution in [0, 0.1) is 6.92 Å². The summed E-state index contributed by atoms with van der Waals surface area (Å²) >= 11 is 0.961. The zero-order valence-corrected chi connectivity index (χ0v) is 12.0. The molecule has 1 amide bonds. The number of aryl methyl sites for hydroxylation is 1. The van der Waals surface area contributed by atoms with Gasteiger partial charge >= 0.3 is 5.97 Å². The van der Waals surface area contributed by atoms with Crippen molar-refractivity contribution in [2.75, 3.05) is 14.1 Å². The zero-order valence-electron chi connectivity index (χ0n) is 11.2. The van der Waals surface area contributed by atoms with E-state index in [9.17, 15) is 14.4 Å².